The molecular formula is C19H26N4. The van der Waals surface area contributed by atoms with Crippen molar-refractivity contribution in [3.63, 3.8) is 0 Å². The Labute approximate surface area is 138 Å². The van der Waals surface area contributed by atoms with Gasteiger partial charge in [0.25, 0.3) is 0 Å². The van der Waals surface area contributed by atoms with Crippen LogP contribution in [0, 0.1) is 18.3 Å². The lowest BCUT2D eigenvalue weighted by Gasteiger charge is -2.23. The second-order valence-corrected chi connectivity index (χ2v) is 7.39. The van der Waals surface area contributed by atoms with Gasteiger partial charge in [0, 0.05) is 36.3 Å². The summed E-state index contributed by atoms with van der Waals surface area (Å²) in [5.74, 6) is 0.937. The average molecular weight is 310 g/mol. The summed E-state index contributed by atoms with van der Waals surface area (Å²) in [5.41, 5.74) is 5.33. The molecule has 0 bridgehead atoms. The van der Waals surface area contributed by atoms with Gasteiger partial charge in [0.2, 0.25) is 0 Å². The van der Waals surface area contributed by atoms with Crippen LogP contribution in [-0.4, -0.2) is 27.9 Å². The van der Waals surface area contributed by atoms with Gasteiger partial charge in [0.05, 0.1) is 5.69 Å². The Bertz CT molecular complexity index is 680. The third-order valence-corrected chi connectivity index (χ3v) is 5.86. The van der Waals surface area contributed by atoms with Crippen molar-refractivity contribution in [2.24, 2.45) is 18.4 Å². The van der Waals surface area contributed by atoms with E-state index in [0.29, 0.717) is 5.41 Å². The van der Waals surface area contributed by atoms with E-state index >= 15 is 0 Å². The van der Waals surface area contributed by atoms with Gasteiger partial charge in [-0.15, -0.1) is 0 Å². The number of aromatic nitrogens is 3. The smallest absolute Gasteiger partial charge is 0.0672 e. The number of pyridine rings is 1. The molecule has 1 spiro atoms. The Balaban J connectivity index is 1.37. The molecule has 1 N–H and O–H groups in total. The Morgan fingerprint density at radius 3 is 2.78 bits per heavy atom. The second kappa shape index (κ2) is 5.75. The molecule has 1 unspecified atom stereocenters. The van der Waals surface area contributed by atoms with Crippen molar-refractivity contribution >= 4 is 0 Å². The fraction of sp³-hybridized carbons (Fsp3) is 0.579. The summed E-state index contributed by atoms with van der Waals surface area (Å²) in [4.78, 5) is 4.69. The maximum Gasteiger partial charge on any atom is 0.0672 e. The van der Waals surface area contributed by atoms with Crippen LogP contribution in [0.3, 0.4) is 0 Å². The number of hydrogen-bond acceptors (Lipinski definition) is 3. The molecule has 0 aromatic carbocycles. The van der Waals surface area contributed by atoms with Crippen LogP contribution in [-0.2, 0) is 13.5 Å². The molecule has 2 aliphatic rings. The van der Waals surface area contributed by atoms with Gasteiger partial charge in [-0.05, 0) is 69.5 Å². The summed E-state index contributed by atoms with van der Waals surface area (Å²) >= 11 is 0. The van der Waals surface area contributed by atoms with E-state index in [1.807, 2.05) is 17.9 Å². The minimum Gasteiger partial charge on any atom is -0.317 e. The first-order valence-corrected chi connectivity index (χ1v) is 8.83. The molecule has 1 atom stereocenters. The molecule has 4 rings (SSSR count). The maximum absolute atomic E-state index is 4.69. The van der Waals surface area contributed by atoms with Crippen LogP contribution in [0.5, 0.6) is 0 Å². The second-order valence-electron chi connectivity index (χ2n) is 7.39. The van der Waals surface area contributed by atoms with Crippen LogP contribution < -0.4 is 5.32 Å². The molecule has 1 saturated heterocycles. The van der Waals surface area contributed by atoms with Crippen molar-refractivity contribution in [1.29, 1.82) is 0 Å². The average Bonchev–Trinajstić information content (AvgIpc) is 3.10. The molecule has 122 valence electrons. The third kappa shape index (κ3) is 2.92. The number of piperidine rings is 1. The van der Waals surface area contributed by atoms with Crippen LogP contribution >= 0.6 is 0 Å². The van der Waals surface area contributed by atoms with Crippen molar-refractivity contribution in [3.8, 4) is 11.1 Å². The monoisotopic (exact) mass is 310 g/mol. The SMILES string of the molecule is Cc1nn(C)cc1-c1ccc(CCC2CC23CCNCC3)nc1. The summed E-state index contributed by atoms with van der Waals surface area (Å²) in [5, 5.41) is 7.89. The van der Waals surface area contributed by atoms with E-state index in [2.05, 4.69) is 40.7 Å². The first kappa shape index (κ1) is 14.9. The molecule has 4 heteroatoms. The lowest BCUT2D eigenvalue weighted by Crippen LogP contribution is -2.29. The van der Waals surface area contributed by atoms with Gasteiger partial charge in [-0.1, -0.05) is 6.07 Å². The van der Waals surface area contributed by atoms with E-state index in [1.165, 1.54) is 55.6 Å². The van der Waals surface area contributed by atoms with Gasteiger partial charge in [-0.3, -0.25) is 9.67 Å². The highest BCUT2D eigenvalue weighted by Gasteiger charge is 2.52. The molecule has 1 aliphatic carbocycles. The Hall–Kier alpha value is -1.68. The fourth-order valence-corrected chi connectivity index (χ4v) is 4.31. The lowest BCUT2D eigenvalue weighted by molar-refractivity contribution is 0.317. The fourth-order valence-electron chi connectivity index (χ4n) is 4.31. The van der Waals surface area contributed by atoms with Crippen LogP contribution in [0.15, 0.2) is 24.5 Å². The molecule has 1 saturated carbocycles. The van der Waals surface area contributed by atoms with E-state index in [-0.39, 0.29) is 0 Å². The zero-order valence-corrected chi connectivity index (χ0v) is 14.2. The van der Waals surface area contributed by atoms with Crippen LogP contribution in [0.25, 0.3) is 11.1 Å². The van der Waals surface area contributed by atoms with Crippen LogP contribution in [0.4, 0.5) is 0 Å². The van der Waals surface area contributed by atoms with Crippen LogP contribution in [0.1, 0.15) is 37.1 Å². The highest BCUT2D eigenvalue weighted by atomic mass is 15.2. The molecule has 0 amide bonds. The summed E-state index contributed by atoms with van der Waals surface area (Å²) in [6.07, 6.45) is 10.7. The molecule has 2 aromatic rings. The van der Waals surface area contributed by atoms with E-state index < -0.39 is 0 Å². The predicted molar refractivity (Wildman–Crippen MR) is 92.1 cm³/mol. The minimum absolute atomic E-state index is 0.692. The van der Waals surface area contributed by atoms with Gasteiger partial charge >= 0.3 is 0 Å². The van der Waals surface area contributed by atoms with Gasteiger partial charge in [0.15, 0.2) is 0 Å². The number of nitrogens with zero attached hydrogens (tertiary/aromatic N) is 3. The summed E-state index contributed by atoms with van der Waals surface area (Å²) in [6, 6.07) is 4.39. The van der Waals surface area contributed by atoms with Gasteiger partial charge in [-0.25, -0.2) is 0 Å². The van der Waals surface area contributed by atoms with Gasteiger partial charge < -0.3 is 5.32 Å². The lowest BCUT2D eigenvalue weighted by atomic mass is 9.90. The molecule has 2 aromatic heterocycles. The Morgan fingerprint density at radius 2 is 2.13 bits per heavy atom. The number of aryl methyl sites for hydroxylation is 3. The summed E-state index contributed by atoms with van der Waals surface area (Å²) in [6.45, 7) is 4.48. The van der Waals surface area contributed by atoms with E-state index in [0.717, 1.165) is 18.0 Å². The van der Waals surface area contributed by atoms with Gasteiger partial charge in [0.1, 0.15) is 0 Å². The topological polar surface area (TPSA) is 42.7 Å². The van der Waals surface area contributed by atoms with E-state index in [4.69, 9.17) is 0 Å². The number of hydrogen-bond donors (Lipinski definition) is 1. The van der Waals surface area contributed by atoms with Crippen LogP contribution in [0.2, 0.25) is 0 Å². The highest BCUT2D eigenvalue weighted by Crippen LogP contribution is 2.60. The first-order valence-electron chi connectivity index (χ1n) is 8.83. The van der Waals surface area contributed by atoms with E-state index in [9.17, 15) is 0 Å². The quantitative estimate of drug-likeness (QED) is 0.943. The standard InChI is InChI=1S/C19H26N4/c1-14-18(13-23(2)22-14)15-3-5-17(21-12-15)6-4-16-11-19(16)7-9-20-10-8-19/h3,5,12-13,16,20H,4,6-11H2,1-2H3. The zero-order chi connectivity index (χ0) is 15.9. The molecule has 23 heavy (non-hydrogen) atoms. The van der Waals surface area contributed by atoms with Crippen molar-refractivity contribution in [3.05, 3.63) is 35.9 Å². The maximum atomic E-state index is 4.69. The molecule has 0 radical (unpaired) electrons. The summed E-state index contributed by atoms with van der Waals surface area (Å²) < 4.78 is 1.87. The Kier molecular flexibility index (Phi) is 3.72. The highest BCUT2D eigenvalue weighted by molar-refractivity contribution is 5.64. The molecular weight excluding hydrogens is 284 g/mol. The molecule has 4 nitrogen and oxygen atoms in total. The zero-order valence-electron chi connectivity index (χ0n) is 14.2. The Morgan fingerprint density at radius 1 is 1.30 bits per heavy atom. The molecule has 2 fully saturated rings. The minimum atomic E-state index is 0.692. The molecule has 1 aliphatic heterocycles. The largest absolute Gasteiger partial charge is 0.317 e. The van der Waals surface area contributed by atoms with Gasteiger partial charge in [-0.2, -0.15) is 5.10 Å². The first-order chi connectivity index (χ1) is 11.2. The summed E-state index contributed by atoms with van der Waals surface area (Å²) in [7, 11) is 1.96. The number of rotatable bonds is 4. The van der Waals surface area contributed by atoms with Crippen molar-refractivity contribution in [2.45, 2.75) is 39.0 Å². The third-order valence-electron chi connectivity index (χ3n) is 5.86. The predicted octanol–water partition coefficient (Wildman–Crippen LogP) is 3.11. The normalized spacial score (nSPS) is 22.4. The molecule has 3 heterocycles. The van der Waals surface area contributed by atoms with E-state index in [1.54, 1.807) is 0 Å². The number of nitrogens with one attached hydrogen (secondary N) is 1. The van der Waals surface area contributed by atoms with Crippen molar-refractivity contribution in [1.82, 2.24) is 20.1 Å². The van der Waals surface area contributed by atoms with Crippen molar-refractivity contribution < 1.29 is 0 Å². The van der Waals surface area contributed by atoms with Crippen molar-refractivity contribution in [2.75, 3.05) is 13.1 Å².